The summed E-state index contributed by atoms with van der Waals surface area (Å²) in [5.74, 6) is 0.321. The highest BCUT2D eigenvalue weighted by atomic mass is 32.2. The van der Waals surface area contributed by atoms with E-state index in [0.717, 1.165) is 38.6 Å². The number of sulfonamides is 1. The monoisotopic (exact) mass is 414 g/mol. The second-order valence-electron chi connectivity index (χ2n) is 8.46. The summed E-state index contributed by atoms with van der Waals surface area (Å²) in [6, 6.07) is 7.18. The van der Waals surface area contributed by atoms with E-state index in [4.69, 9.17) is 0 Å². The van der Waals surface area contributed by atoms with Gasteiger partial charge in [0.25, 0.3) is 5.91 Å². The third-order valence-electron chi connectivity index (χ3n) is 6.36. The second kappa shape index (κ2) is 6.95. The van der Waals surface area contributed by atoms with Crippen molar-refractivity contribution < 1.29 is 13.2 Å². The molecular weight excluding hydrogens is 388 g/mol. The number of imidazole rings is 1. The number of likely N-dealkylation sites (tertiary alicyclic amines) is 1. The molecule has 2 aliphatic heterocycles. The first-order chi connectivity index (χ1) is 14.0. The van der Waals surface area contributed by atoms with Crippen LogP contribution in [0.5, 0.6) is 0 Å². The number of fused-ring (bicyclic) bond motifs is 3. The Morgan fingerprint density at radius 2 is 1.97 bits per heavy atom. The molecule has 1 amide bonds. The number of piperidine rings is 1. The quantitative estimate of drug-likeness (QED) is 0.774. The van der Waals surface area contributed by atoms with Crippen molar-refractivity contribution in [1.82, 2.24) is 18.8 Å². The molecular formula is C21H26N4O3S. The van der Waals surface area contributed by atoms with Gasteiger partial charge in [0, 0.05) is 19.1 Å². The molecule has 3 aliphatic rings. The van der Waals surface area contributed by atoms with Crippen LogP contribution in [0.4, 0.5) is 0 Å². The first-order valence-corrected chi connectivity index (χ1v) is 11.9. The zero-order valence-electron chi connectivity index (χ0n) is 16.6. The average molecular weight is 415 g/mol. The highest BCUT2D eigenvalue weighted by Gasteiger charge is 2.38. The number of nitrogens with zero attached hydrogens (tertiary/aromatic N) is 4. The first-order valence-electron chi connectivity index (χ1n) is 10.4. The van der Waals surface area contributed by atoms with Gasteiger partial charge in [-0.25, -0.2) is 13.4 Å². The molecule has 1 saturated heterocycles. The molecule has 0 bridgehead atoms. The average Bonchev–Trinajstić information content (AvgIpc) is 3.45. The highest BCUT2D eigenvalue weighted by Crippen LogP contribution is 2.36. The van der Waals surface area contributed by atoms with E-state index in [2.05, 4.69) is 11.9 Å². The topological polar surface area (TPSA) is 75.5 Å². The van der Waals surface area contributed by atoms with Gasteiger partial charge in [0.15, 0.2) is 5.69 Å². The molecule has 5 rings (SSSR count). The Hall–Kier alpha value is -2.19. The predicted molar refractivity (Wildman–Crippen MR) is 108 cm³/mol. The molecule has 0 unspecified atom stereocenters. The number of hydrogen-bond acceptors (Lipinski definition) is 4. The fourth-order valence-corrected chi connectivity index (χ4v) is 6.12. The molecule has 0 N–H and O–H groups in total. The molecule has 8 heteroatoms. The van der Waals surface area contributed by atoms with Gasteiger partial charge in [0.05, 0.1) is 17.9 Å². The fraction of sp³-hybridized carbons (Fsp3) is 0.524. The van der Waals surface area contributed by atoms with Gasteiger partial charge in [-0.3, -0.25) is 9.36 Å². The maximum Gasteiger partial charge on any atom is 0.274 e. The normalized spacial score (nSPS) is 23.9. The van der Waals surface area contributed by atoms with Gasteiger partial charge in [-0.05, 0) is 57.1 Å². The standard InChI is InChI=1S/C21H26N4O3S/c1-15-6-4-5-11-24(15)21(26)20-18-13-23(12-16-9-10-16)29(27,28)19-8-3-2-7-17(19)25(18)14-22-20/h2-3,7-8,14-16H,4-6,9-13H2,1H3/t15-/m0/s1. The van der Waals surface area contributed by atoms with Gasteiger partial charge in [0.2, 0.25) is 10.0 Å². The van der Waals surface area contributed by atoms with Crippen molar-refractivity contribution in [1.29, 1.82) is 0 Å². The van der Waals surface area contributed by atoms with Crippen molar-refractivity contribution >= 4 is 15.9 Å². The number of amides is 1. The van der Waals surface area contributed by atoms with Crippen LogP contribution in [0.15, 0.2) is 35.5 Å². The van der Waals surface area contributed by atoms with E-state index in [1.807, 2.05) is 11.0 Å². The Morgan fingerprint density at radius 1 is 1.17 bits per heavy atom. The Kier molecular flexibility index (Phi) is 4.51. The van der Waals surface area contributed by atoms with Crippen molar-refractivity contribution in [2.75, 3.05) is 13.1 Å². The third kappa shape index (κ3) is 3.18. The van der Waals surface area contributed by atoms with Gasteiger partial charge < -0.3 is 4.90 Å². The Labute approximate surface area is 171 Å². The largest absolute Gasteiger partial charge is 0.335 e. The number of hydrogen-bond donors (Lipinski definition) is 0. The molecule has 1 aromatic heterocycles. The number of carbonyl (C=O) groups is 1. The molecule has 0 radical (unpaired) electrons. The minimum Gasteiger partial charge on any atom is -0.335 e. The van der Waals surface area contributed by atoms with Crippen LogP contribution < -0.4 is 0 Å². The lowest BCUT2D eigenvalue weighted by Gasteiger charge is -2.33. The second-order valence-corrected chi connectivity index (χ2v) is 10.4. The maximum atomic E-state index is 13.4. The summed E-state index contributed by atoms with van der Waals surface area (Å²) in [7, 11) is -3.63. The Bertz CT molecular complexity index is 1060. The zero-order valence-corrected chi connectivity index (χ0v) is 17.4. The molecule has 1 aliphatic carbocycles. The van der Waals surface area contributed by atoms with Gasteiger partial charge in [-0.1, -0.05) is 12.1 Å². The minimum atomic E-state index is -3.63. The van der Waals surface area contributed by atoms with Crippen molar-refractivity contribution in [2.45, 2.75) is 56.5 Å². The lowest BCUT2D eigenvalue weighted by Crippen LogP contribution is -2.42. The lowest BCUT2D eigenvalue weighted by atomic mass is 10.0. The van der Waals surface area contributed by atoms with E-state index >= 15 is 0 Å². The van der Waals surface area contributed by atoms with Gasteiger partial charge in [-0.15, -0.1) is 0 Å². The summed E-state index contributed by atoms with van der Waals surface area (Å²) < 4.78 is 30.1. The number of benzene rings is 1. The molecule has 1 atom stereocenters. The van der Waals surface area contributed by atoms with E-state index in [1.54, 1.807) is 33.4 Å². The van der Waals surface area contributed by atoms with E-state index in [-0.39, 0.29) is 23.4 Å². The smallest absolute Gasteiger partial charge is 0.274 e. The van der Waals surface area contributed by atoms with Gasteiger partial charge in [-0.2, -0.15) is 4.31 Å². The zero-order chi connectivity index (χ0) is 20.2. The molecule has 3 heterocycles. The maximum absolute atomic E-state index is 13.4. The van der Waals surface area contributed by atoms with Crippen LogP contribution in [0.1, 0.15) is 55.2 Å². The summed E-state index contributed by atoms with van der Waals surface area (Å²) >= 11 is 0. The van der Waals surface area contributed by atoms with Crippen LogP contribution >= 0.6 is 0 Å². The fourth-order valence-electron chi connectivity index (χ4n) is 4.46. The molecule has 1 saturated carbocycles. The van der Waals surface area contributed by atoms with Crippen LogP contribution in [0, 0.1) is 5.92 Å². The number of aromatic nitrogens is 2. The SMILES string of the molecule is C[C@H]1CCCCN1C(=O)c1ncn2c1CN(CC1CC1)S(=O)(=O)c1ccccc1-2. The van der Waals surface area contributed by atoms with Crippen molar-refractivity contribution in [3.8, 4) is 5.69 Å². The number of rotatable bonds is 3. The van der Waals surface area contributed by atoms with Gasteiger partial charge in [0.1, 0.15) is 11.2 Å². The summed E-state index contributed by atoms with van der Waals surface area (Å²) in [6.45, 7) is 3.48. The molecule has 2 aromatic rings. The first kappa shape index (κ1) is 18.8. The van der Waals surface area contributed by atoms with Gasteiger partial charge >= 0.3 is 0 Å². The molecule has 2 fully saturated rings. The summed E-state index contributed by atoms with van der Waals surface area (Å²) in [4.78, 5) is 20.0. The van der Waals surface area contributed by atoms with Crippen LogP contribution in [-0.2, 0) is 16.6 Å². The Balaban J connectivity index is 1.61. The highest BCUT2D eigenvalue weighted by molar-refractivity contribution is 7.89. The predicted octanol–water partition coefficient (Wildman–Crippen LogP) is 2.80. The third-order valence-corrected chi connectivity index (χ3v) is 8.22. The van der Waals surface area contributed by atoms with Crippen LogP contribution in [0.25, 0.3) is 5.69 Å². The summed E-state index contributed by atoms with van der Waals surface area (Å²) in [5, 5.41) is 0. The van der Waals surface area contributed by atoms with Crippen LogP contribution in [-0.4, -0.2) is 52.2 Å². The number of para-hydroxylation sites is 1. The van der Waals surface area contributed by atoms with Crippen molar-refractivity contribution in [3.63, 3.8) is 0 Å². The molecule has 29 heavy (non-hydrogen) atoms. The van der Waals surface area contributed by atoms with Crippen molar-refractivity contribution in [2.24, 2.45) is 5.92 Å². The molecule has 7 nitrogen and oxygen atoms in total. The van der Waals surface area contributed by atoms with E-state index in [1.165, 1.54) is 0 Å². The molecule has 0 spiro atoms. The summed E-state index contributed by atoms with van der Waals surface area (Å²) in [6.07, 6.45) is 6.84. The minimum absolute atomic E-state index is 0.0888. The van der Waals surface area contributed by atoms with Crippen molar-refractivity contribution in [3.05, 3.63) is 42.0 Å². The van der Waals surface area contributed by atoms with Crippen LogP contribution in [0.2, 0.25) is 0 Å². The van der Waals surface area contributed by atoms with E-state index in [9.17, 15) is 13.2 Å². The molecule has 154 valence electrons. The van der Waals surface area contributed by atoms with Crippen LogP contribution in [0.3, 0.4) is 0 Å². The lowest BCUT2D eigenvalue weighted by molar-refractivity contribution is 0.0628. The molecule has 1 aromatic carbocycles. The summed E-state index contributed by atoms with van der Waals surface area (Å²) in [5.41, 5.74) is 1.62. The van der Waals surface area contributed by atoms with E-state index in [0.29, 0.717) is 29.5 Å². The van der Waals surface area contributed by atoms with E-state index < -0.39 is 10.0 Å². The Morgan fingerprint density at radius 3 is 2.72 bits per heavy atom. The number of carbonyl (C=O) groups excluding carboxylic acids is 1.